The molecule has 16 heavy (non-hydrogen) atoms. The third kappa shape index (κ3) is 1.49. The first-order valence-corrected chi connectivity index (χ1v) is 5.69. The quantitative estimate of drug-likeness (QED) is 0.722. The van der Waals surface area contributed by atoms with E-state index in [2.05, 4.69) is 25.1 Å². The third-order valence-corrected chi connectivity index (χ3v) is 3.16. The first-order valence-electron chi connectivity index (χ1n) is 5.69. The number of methoxy groups -OCH3 is 2. The van der Waals surface area contributed by atoms with Gasteiger partial charge in [0.25, 0.3) is 0 Å². The van der Waals surface area contributed by atoms with E-state index in [0.29, 0.717) is 0 Å². The van der Waals surface area contributed by atoms with Crippen molar-refractivity contribution in [2.24, 2.45) is 0 Å². The summed E-state index contributed by atoms with van der Waals surface area (Å²) >= 11 is 0. The van der Waals surface area contributed by atoms with Crippen LogP contribution in [0.15, 0.2) is 29.8 Å². The van der Waals surface area contributed by atoms with E-state index in [0.717, 1.165) is 18.4 Å². The van der Waals surface area contributed by atoms with Gasteiger partial charge in [0.2, 0.25) is 5.79 Å². The highest BCUT2D eigenvalue weighted by atomic mass is 16.7. The van der Waals surface area contributed by atoms with Gasteiger partial charge in [0.05, 0.1) is 0 Å². The minimum atomic E-state index is -0.660. The maximum atomic E-state index is 5.65. The van der Waals surface area contributed by atoms with Gasteiger partial charge in [-0.1, -0.05) is 37.6 Å². The zero-order valence-corrected chi connectivity index (χ0v) is 10.1. The first kappa shape index (κ1) is 11.4. The van der Waals surface area contributed by atoms with E-state index >= 15 is 0 Å². The molecule has 0 radical (unpaired) electrons. The molecule has 2 rings (SSSR count). The van der Waals surface area contributed by atoms with Crippen molar-refractivity contribution >= 4 is 6.08 Å². The molecule has 0 saturated heterocycles. The van der Waals surface area contributed by atoms with Crippen LogP contribution in [0.2, 0.25) is 0 Å². The summed E-state index contributed by atoms with van der Waals surface area (Å²) in [7, 11) is 3.41. The van der Waals surface area contributed by atoms with Crippen LogP contribution in [0.5, 0.6) is 0 Å². The second kappa shape index (κ2) is 4.40. The maximum absolute atomic E-state index is 5.65. The third-order valence-electron chi connectivity index (χ3n) is 3.16. The second-order valence-corrected chi connectivity index (χ2v) is 4.03. The number of hydrogen-bond acceptors (Lipinski definition) is 2. The molecule has 1 aliphatic carbocycles. The molecule has 2 heteroatoms. The smallest absolute Gasteiger partial charge is 0.218 e. The van der Waals surface area contributed by atoms with Crippen molar-refractivity contribution in [2.45, 2.75) is 25.6 Å². The highest BCUT2D eigenvalue weighted by molar-refractivity contribution is 5.67. The molecule has 0 atom stereocenters. The number of benzene rings is 1. The molecule has 0 saturated carbocycles. The molecule has 0 N–H and O–H groups in total. The van der Waals surface area contributed by atoms with E-state index in [1.807, 2.05) is 12.1 Å². The number of ether oxygens (including phenoxy) is 2. The van der Waals surface area contributed by atoms with Crippen molar-refractivity contribution in [3.05, 3.63) is 41.0 Å². The maximum Gasteiger partial charge on any atom is 0.218 e. The Morgan fingerprint density at radius 3 is 2.44 bits per heavy atom. The normalized spacial score (nSPS) is 17.1. The largest absolute Gasteiger partial charge is 0.346 e. The summed E-state index contributed by atoms with van der Waals surface area (Å²) in [6.07, 6.45) is 4.27. The average Bonchev–Trinajstić information content (AvgIpc) is 2.64. The van der Waals surface area contributed by atoms with Crippen LogP contribution in [-0.4, -0.2) is 14.2 Å². The molecule has 1 aliphatic rings. The van der Waals surface area contributed by atoms with E-state index < -0.39 is 5.79 Å². The number of fused-ring (bicyclic) bond motifs is 1. The minimum absolute atomic E-state index is 0.660. The molecule has 0 unspecified atom stereocenters. The predicted octanol–water partition coefficient (Wildman–Crippen LogP) is 3.33. The van der Waals surface area contributed by atoms with Crippen LogP contribution in [-0.2, 0) is 15.3 Å². The molecule has 0 aromatic heterocycles. The van der Waals surface area contributed by atoms with Crippen LogP contribution in [0.25, 0.3) is 6.08 Å². The van der Waals surface area contributed by atoms with E-state index in [-0.39, 0.29) is 0 Å². The molecule has 86 valence electrons. The van der Waals surface area contributed by atoms with Crippen molar-refractivity contribution in [1.29, 1.82) is 0 Å². The molecule has 0 fully saturated rings. The Kier molecular flexibility index (Phi) is 3.13. The Morgan fingerprint density at radius 1 is 1.12 bits per heavy atom. The van der Waals surface area contributed by atoms with E-state index in [1.165, 1.54) is 11.1 Å². The Hall–Kier alpha value is -1.12. The van der Waals surface area contributed by atoms with Gasteiger partial charge in [0, 0.05) is 19.8 Å². The Balaban J connectivity index is 2.51. The van der Waals surface area contributed by atoms with Gasteiger partial charge >= 0.3 is 0 Å². The summed E-state index contributed by atoms with van der Waals surface area (Å²) in [4.78, 5) is 0. The standard InChI is InChI=1S/C14H18O2/c1-4-7-12-10-11-8-5-6-9-13(11)14(12,15-2)16-3/h5-6,8-10H,4,7H2,1-3H3. The van der Waals surface area contributed by atoms with Gasteiger partial charge in [-0.05, 0) is 23.6 Å². The topological polar surface area (TPSA) is 18.5 Å². The highest BCUT2D eigenvalue weighted by Crippen LogP contribution is 2.44. The summed E-state index contributed by atoms with van der Waals surface area (Å²) in [5.41, 5.74) is 3.53. The summed E-state index contributed by atoms with van der Waals surface area (Å²) in [6.45, 7) is 2.17. The zero-order valence-electron chi connectivity index (χ0n) is 10.1. The summed E-state index contributed by atoms with van der Waals surface area (Å²) < 4.78 is 11.3. The van der Waals surface area contributed by atoms with Crippen molar-refractivity contribution < 1.29 is 9.47 Å². The predicted molar refractivity (Wildman–Crippen MR) is 65.0 cm³/mol. The van der Waals surface area contributed by atoms with Gasteiger partial charge in [-0.25, -0.2) is 0 Å². The molecule has 0 bridgehead atoms. The molecule has 1 aromatic carbocycles. The Morgan fingerprint density at radius 2 is 1.81 bits per heavy atom. The first-order chi connectivity index (χ1) is 7.78. The van der Waals surface area contributed by atoms with Crippen molar-refractivity contribution in [1.82, 2.24) is 0 Å². The zero-order chi connectivity index (χ0) is 11.6. The lowest BCUT2D eigenvalue weighted by Gasteiger charge is -2.30. The monoisotopic (exact) mass is 218 g/mol. The molecule has 1 aromatic rings. The van der Waals surface area contributed by atoms with Gasteiger partial charge in [0.1, 0.15) is 0 Å². The SMILES string of the molecule is CCCC1=Cc2ccccc2C1(OC)OC. The Bertz CT molecular complexity index is 403. The minimum Gasteiger partial charge on any atom is -0.346 e. The molecular weight excluding hydrogens is 200 g/mol. The van der Waals surface area contributed by atoms with Crippen LogP contribution in [0.4, 0.5) is 0 Å². The molecule has 0 spiro atoms. The van der Waals surface area contributed by atoms with Gasteiger partial charge in [-0.15, -0.1) is 0 Å². The van der Waals surface area contributed by atoms with Crippen LogP contribution < -0.4 is 0 Å². The summed E-state index contributed by atoms with van der Waals surface area (Å²) in [5.74, 6) is -0.660. The molecule has 0 aliphatic heterocycles. The van der Waals surface area contributed by atoms with E-state index in [1.54, 1.807) is 14.2 Å². The van der Waals surface area contributed by atoms with E-state index in [4.69, 9.17) is 9.47 Å². The van der Waals surface area contributed by atoms with Gasteiger partial charge in [0.15, 0.2) is 0 Å². The average molecular weight is 218 g/mol. The van der Waals surface area contributed by atoms with Crippen LogP contribution in [0, 0.1) is 0 Å². The van der Waals surface area contributed by atoms with Gasteiger partial charge in [-0.3, -0.25) is 0 Å². The highest BCUT2D eigenvalue weighted by Gasteiger charge is 2.41. The number of hydrogen-bond donors (Lipinski definition) is 0. The fourth-order valence-corrected chi connectivity index (χ4v) is 2.45. The van der Waals surface area contributed by atoms with Crippen molar-refractivity contribution in [2.75, 3.05) is 14.2 Å². The van der Waals surface area contributed by atoms with Gasteiger partial charge < -0.3 is 9.47 Å². The molecule has 0 amide bonds. The van der Waals surface area contributed by atoms with E-state index in [9.17, 15) is 0 Å². The lowest BCUT2D eigenvalue weighted by molar-refractivity contribution is -0.185. The summed E-state index contributed by atoms with van der Waals surface area (Å²) in [6, 6.07) is 8.24. The molecule has 0 heterocycles. The van der Waals surface area contributed by atoms with Crippen molar-refractivity contribution in [3.63, 3.8) is 0 Å². The lowest BCUT2D eigenvalue weighted by Crippen LogP contribution is -2.31. The van der Waals surface area contributed by atoms with Crippen LogP contribution >= 0.6 is 0 Å². The second-order valence-electron chi connectivity index (χ2n) is 4.03. The molecular formula is C14H18O2. The fourth-order valence-electron chi connectivity index (χ4n) is 2.45. The van der Waals surface area contributed by atoms with Crippen molar-refractivity contribution in [3.8, 4) is 0 Å². The summed E-state index contributed by atoms with van der Waals surface area (Å²) in [5, 5.41) is 0. The van der Waals surface area contributed by atoms with Gasteiger partial charge in [-0.2, -0.15) is 0 Å². The van der Waals surface area contributed by atoms with Crippen LogP contribution in [0.3, 0.4) is 0 Å². The lowest BCUT2D eigenvalue weighted by atomic mass is 9.99. The Labute approximate surface area is 96.9 Å². The molecule has 2 nitrogen and oxygen atoms in total. The van der Waals surface area contributed by atoms with Crippen LogP contribution in [0.1, 0.15) is 30.9 Å². The number of rotatable bonds is 4. The fraction of sp³-hybridized carbons (Fsp3) is 0.429.